The Morgan fingerprint density at radius 1 is 1.19 bits per heavy atom. The first kappa shape index (κ1) is 18.5. The molecule has 1 aliphatic rings. The molecule has 3 rings (SSSR count). The van der Waals surface area contributed by atoms with Crippen LogP contribution in [0.15, 0.2) is 46.1 Å². The van der Waals surface area contributed by atoms with Gasteiger partial charge >= 0.3 is 0 Å². The number of H-pyrrole nitrogens is 1. The van der Waals surface area contributed by atoms with Crippen LogP contribution in [0.1, 0.15) is 16.1 Å². The number of rotatable bonds is 5. The average Bonchev–Trinajstić information content (AvgIpc) is 2.91. The van der Waals surface area contributed by atoms with Crippen molar-refractivity contribution in [3.05, 3.63) is 68.7 Å². The molecule has 3 amide bonds. The summed E-state index contributed by atoms with van der Waals surface area (Å²) in [6.07, 6.45) is 1.51. The SMILES string of the molecule is O=C(NCCN1C(=O)S/C(=C\c2ccc(F)cc2)C1=O)c1ccc(=O)[nH]n1. The number of hydrogen-bond acceptors (Lipinski definition) is 6. The average molecular weight is 388 g/mol. The molecule has 2 heterocycles. The lowest BCUT2D eigenvalue weighted by atomic mass is 10.2. The quantitative estimate of drug-likeness (QED) is 0.749. The molecule has 0 aliphatic carbocycles. The minimum Gasteiger partial charge on any atom is -0.349 e. The summed E-state index contributed by atoms with van der Waals surface area (Å²) in [5.41, 5.74) is 0.177. The first-order valence-corrected chi connectivity index (χ1v) is 8.60. The number of imide groups is 1. The van der Waals surface area contributed by atoms with E-state index in [1.54, 1.807) is 0 Å². The van der Waals surface area contributed by atoms with Crippen molar-refractivity contribution >= 4 is 34.9 Å². The highest BCUT2D eigenvalue weighted by atomic mass is 32.2. The van der Waals surface area contributed by atoms with Gasteiger partial charge in [-0.2, -0.15) is 5.10 Å². The highest BCUT2D eigenvalue weighted by molar-refractivity contribution is 8.18. The first-order valence-electron chi connectivity index (χ1n) is 7.79. The predicted octanol–water partition coefficient (Wildman–Crippen LogP) is 1.38. The van der Waals surface area contributed by atoms with E-state index in [1.165, 1.54) is 42.5 Å². The third-order valence-corrected chi connectivity index (χ3v) is 4.48. The van der Waals surface area contributed by atoms with Crippen LogP contribution in [0.5, 0.6) is 0 Å². The van der Waals surface area contributed by atoms with Crippen molar-refractivity contribution in [1.82, 2.24) is 20.4 Å². The van der Waals surface area contributed by atoms with Crippen LogP contribution < -0.4 is 10.9 Å². The molecule has 1 aliphatic heterocycles. The van der Waals surface area contributed by atoms with Gasteiger partial charge in [-0.3, -0.25) is 24.1 Å². The van der Waals surface area contributed by atoms with E-state index in [0.29, 0.717) is 5.56 Å². The third kappa shape index (κ3) is 4.47. The van der Waals surface area contributed by atoms with Gasteiger partial charge in [-0.25, -0.2) is 9.49 Å². The Morgan fingerprint density at radius 3 is 2.59 bits per heavy atom. The number of halogens is 1. The van der Waals surface area contributed by atoms with E-state index in [-0.39, 0.29) is 23.7 Å². The van der Waals surface area contributed by atoms with Crippen LogP contribution in [-0.4, -0.2) is 45.2 Å². The van der Waals surface area contributed by atoms with Gasteiger partial charge in [0.05, 0.1) is 4.91 Å². The zero-order chi connectivity index (χ0) is 19.4. The second kappa shape index (κ2) is 7.96. The van der Waals surface area contributed by atoms with E-state index in [9.17, 15) is 23.6 Å². The number of aromatic nitrogens is 2. The van der Waals surface area contributed by atoms with Crippen molar-refractivity contribution < 1.29 is 18.8 Å². The summed E-state index contributed by atoms with van der Waals surface area (Å²) in [6, 6.07) is 7.95. The zero-order valence-electron chi connectivity index (χ0n) is 13.8. The Balaban J connectivity index is 1.59. The second-order valence-electron chi connectivity index (χ2n) is 5.45. The fourth-order valence-electron chi connectivity index (χ4n) is 2.25. The van der Waals surface area contributed by atoms with Crippen LogP contribution in [0.3, 0.4) is 0 Å². The second-order valence-corrected chi connectivity index (χ2v) is 6.44. The normalized spacial score (nSPS) is 15.4. The van der Waals surface area contributed by atoms with Crippen molar-refractivity contribution in [2.75, 3.05) is 13.1 Å². The number of benzene rings is 1. The lowest BCUT2D eigenvalue weighted by molar-refractivity contribution is -0.122. The van der Waals surface area contributed by atoms with Crippen molar-refractivity contribution in [3.63, 3.8) is 0 Å². The molecule has 0 saturated carbocycles. The van der Waals surface area contributed by atoms with Crippen LogP contribution in [0.2, 0.25) is 0 Å². The molecule has 1 aromatic carbocycles. The lowest BCUT2D eigenvalue weighted by Crippen LogP contribution is -2.37. The Hall–Kier alpha value is -3.27. The number of aromatic amines is 1. The maximum absolute atomic E-state index is 12.9. The molecule has 0 spiro atoms. The number of carbonyl (C=O) groups excluding carboxylic acids is 3. The number of carbonyl (C=O) groups is 3. The maximum atomic E-state index is 12.9. The highest BCUT2D eigenvalue weighted by Gasteiger charge is 2.34. The number of thioether (sulfide) groups is 1. The molecule has 1 saturated heterocycles. The fraction of sp³-hybridized carbons (Fsp3) is 0.118. The Morgan fingerprint density at radius 2 is 1.93 bits per heavy atom. The monoisotopic (exact) mass is 388 g/mol. The van der Waals surface area contributed by atoms with Crippen LogP contribution in [-0.2, 0) is 4.79 Å². The molecule has 138 valence electrons. The number of nitrogens with one attached hydrogen (secondary N) is 2. The number of hydrogen-bond donors (Lipinski definition) is 2. The Bertz CT molecular complexity index is 967. The smallest absolute Gasteiger partial charge is 0.293 e. The van der Waals surface area contributed by atoms with Crippen molar-refractivity contribution in [1.29, 1.82) is 0 Å². The minimum atomic E-state index is -0.542. The summed E-state index contributed by atoms with van der Waals surface area (Å²) >= 11 is 0.778. The van der Waals surface area contributed by atoms with Gasteiger partial charge in [0.25, 0.3) is 22.6 Å². The largest absolute Gasteiger partial charge is 0.349 e. The van der Waals surface area contributed by atoms with E-state index in [0.717, 1.165) is 16.7 Å². The maximum Gasteiger partial charge on any atom is 0.293 e. The summed E-state index contributed by atoms with van der Waals surface area (Å²) in [5, 5.41) is 7.79. The summed E-state index contributed by atoms with van der Waals surface area (Å²) in [7, 11) is 0. The number of nitrogens with zero attached hydrogens (tertiary/aromatic N) is 2. The van der Waals surface area contributed by atoms with E-state index >= 15 is 0 Å². The van der Waals surface area contributed by atoms with E-state index < -0.39 is 28.4 Å². The van der Waals surface area contributed by atoms with Crippen molar-refractivity contribution in [2.45, 2.75) is 0 Å². The van der Waals surface area contributed by atoms with Crippen molar-refractivity contribution in [2.24, 2.45) is 0 Å². The molecule has 10 heteroatoms. The molecule has 0 bridgehead atoms. The Kier molecular flexibility index (Phi) is 5.46. The van der Waals surface area contributed by atoms with Gasteiger partial charge < -0.3 is 5.32 Å². The van der Waals surface area contributed by atoms with Gasteiger partial charge in [0.2, 0.25) is 0 Å². The van der Waals surface area contributed by atoms with Crippen LogP contribution in [0.4, 0.5) is 9.18 Å². The topological polar surface area (TPSA) is 112 Å². The summed E-state index contributed by atoms with van der Waals surface area (Å²) < 4.78 is 12.9. The minimum absolute atomic E-state index is 0.0134. The fourth-order valence-corrected chi connectivity index (χ4v) is 3.11. The Labute approximate surface area is 156 Å². The van der Waals surface area contributed by atoms with E-state index in [4.69, 9.17) is 0 Å². The van der Waals surface area contributed by atoms with Gasteiger partial charge in [0, 0.05) is 19.2 Å². The summed E-state index contributed by atoms with van der Waals surface area (Å²) in [5.74, 6) is -1.42. The number of amides is 3. The van der Waals surface area contributed by atoms with Gasteiger partial charge in [0.1, 0.15) is 11.5 Å². The van der Waals surface area contributed by atoms with Gasteiger partial charge in [-0.15, -0.1) is 0 Å². The molecule has 0 unspecified atom stereocenters. The summed E-state index contributed by atoms with van der Waals surface area (Å²) in [4.78, 5) is 48.4. The summed E-state index contributed by atoms with van der Waals surface area (Å²) in [6.45, 7) is 0.0159. The zero-order valence-corrected chi connectivity index (χ0v) is 14.6. The molecule has 0 atom stereocenters. The van der Waals surface area contributed by atoms with Crippen LogP contribution >= 0.6 is 11.8 Å². The lowest BCUT2D eigenvalue weighted by Gasteiger charge is -2.12. The van der Waals surface area contributed by atoms with Gasteiger partial charge in [-0.05, 0) is 41.6 Å². The molecular formula is C17H13FN4O4S. The molecular weight excluding hydrogens is 375 g/mol. The van der Waals surface area contributed by atoms with Crippen LogP contribution in [0.25, 0.3) is 6.08 Å². The van der Waals surface area contributed by atoms with Gasteiger partial charge in [0.15, 0.2) is 0 Å². The molecule has 1 fully saturated rings. The molecule has 27 heavy (non-hydrogen) atoms. The van der Waals surface area contributed by atoms with Gasteiger partial charge in [-0.1, -0.05) is 12.1 Å². The molecule has 2 N–H and O–H groups in total. The predicted molar refractivity (Wildman–Crippen MR) is 96.3 cm³/mol. The molecule has 1 aromatic heterocycles. The van der Waals surface area contributed by atoms with Crippen molar-refractivity contribution in [3.8, 4) is 0 Å². The van der Waals surface area contributed by atoms with E-state index in [1.807, 2.05) is 0 Å². The van der Waals surface area contributed by atoms with Crippen LogP contribution in [0, 0.1) is 5.82 Å². The highest BCUT2D eigenvalue weighted by Crippen LogP contribution is 2.31. The molecule has 0 radical (unpaired) electrons. The third-order valence-electron chi connectivity index (χ3n) is 3.57. The molecule has 2 aromatic rings. The molecule has 8 nitrogen and oxygen atoms in total. The van der Waals surface area contributed by atoms with E-state index in [2.05, 4.69) is 15.5 Å². The first-order chi connectivity index (χ1) is 12.9. The standard InChI is InChI=1S/C17H13FN4O4S/c18-11-3-1-10(2-4-11)9-13-16(25)22(17(26)27-13)8-7-19-15(24)12-5-6-14(23)21-20-12/h1-6,9H,7-8H2,(H,19,24)(H,21,23)/b13-9-.